The van der Waals surface area contributed by atoms with Crippen LogP contribution in [0.25, 0.3) is 0 Å². The number of non-ortho nitro benzene ring substituents is 1. The molecular weight excluding hydrogens is 487 g/mol. The summed E-state index contributed by atoms with van der Waals surface area (Å²) in [5.41, 5.74) is 2.99. The molecule has 0 unspecified atom stereocenters. The fraction of sp³-hybridized carbons (Fsp3) is 0.350. The largest absolute Gasteiger partial charge is 0.491 e. The molecule has 0 aliphatic heterocycles. The number of hydrogen-bond donors (Lipinski definition) is 2. The van der Waals surface area contributed by atoms with Crippen molar-refractivity contribution in [2.75, 3.05) is 27.4 Å². The van der Waals surface area contributed by atoms with Gasteiger partial charge in [-0.2, -0.15) is 0 Å². The second-order valence-electron chi connectivity index (χ2n) is 6.16. The molecule has 2 rings (SSSR count). The lowest BCUT2D eigenvalue weighted by atomic mass is 10.1. The Bertz CT molecular complexity index is 830. The third kappa shape index (κ3) is 8.24. The second-order valence-corrected chi connectivity index (χ2v) is 6.16. The van der Waals surface area contributed by atoms with Crippen molar-refractivity contribution < 1.29 is 14.4 Å². The van der Waals surface area contributed by atoms with Gasteiger partial charge in [-0.3, -0.25) is 15.1 Å². The molecule has 0 aliphatic carbocycles. The number of guanidine groups is 1. The average Bonchev–Trinajstić information content (AvgIpc) is 2.69. The Kier molecular flexibility index (Phi) is 11.0. The fourth-order valence-electron chi connectivity index (χ4n) is 2.54. The zero-order valence-electron chi connectivity index (χ0n) is 16.8. The third-order valence-corrected chi connectivity index (χ3v) is 4.02. The Morgan fingerprint density at radius 2 is 1.90 bits per heavy atom. The van der Waals surface area contributed by atoms with Gasteiger partial charge in [0.2, 0.25) is 0 Å². The van der Waals surface area contributed by atoms with Gasteiger partial charge in [-0.1, -0.05) is 24.3 Å². The third-order valence-electron chi connectivity index (χ3n) is 4.02. The van der Waals surface area contributed by atoms with Gasteiger partial charge in [-0.15, -0.1) is 24.0 Å². The van der Waals surface area contributed by atoms with E-state index in [1.54, 1.807) is 26.3 Å². The van der Waals surface area contributed by atoms with E-state index in [1.165, 1.54) is 6.07 Å². The standard InChI is InChI=1S/C20H26N4O4.HI/c1-15-7-8-17(19(11-15)28-10-9-27-3)14-23-20(21-2)22-13-16-5-4-6-18(12-16)24(25)26;/h4-8,11-12H,9-10,13-14H2,1-3H3,(H2,21,22,23);1H. The first kappa shape index (κ1) is 24.6. The first-order valence-corrected chi connectivity index (χ1v) is 8.92. The van der Waals surface area contributed by atoms with E-state index in [-0.39, 0.29) is 29.7 Å². The summed E-state index contributed by atoms with van der Waals surface area (Å²) in [5.74, 6) is 1.40. The molecule has 0 fully saturated rings. The highest BCUT2D eigenvalue weighted by molar-refractivity contribution is 14.0. The predicted molar refractivity (Wildman–Crippen MR) is 124 cm³/mol. The molecule has 0 heterocycles. The number of methoxy groups -OCH3 is 1. The van der Waals surface area contributed by atoms with E-state index in [2.05, 4.69) is 15.6 Å². The number of benzene rings is 2. The second kappa shape index (κ2) is 12.9. The van der Waals surface area contributed by atoms with Crippen LogP contribution >= 0.6 is 24.0 Å². The van der Waals surface area contributed by atoms with Gasteiger partial charge >= 0.3 is 0 Å². The molecule has 8 nitrogen and oxygen atoms in total. The quantitative estimate of drug-likeness (QED) is 0.133. The maximum Gasteiger partial charge on any atom is 0.269 e. The van der Waals surface area contributed by atoms with Crippen LogP contribution in [0.1, 0.15) is 16.7 Å². The van der Waals surface area contributed by atoms with Gasteiger partial charge in [-0.25, -0.2) is 0 Å². The summed E-state index contributed by atoms with van der Waals surface area (Å²) < 4.78 is 10.8. The molecule has 0 saturated carbocycles. The van der Waals surface area contributed by atoms with Crippen molar-refractivity contribution in [1.82, 2.24) is 10.6 Å². The molecule has 2 N–H and O–H groups in total. The molecule has 158 valence electrons. The Morgan fingerprint density at radius 3 is 2.59 bits per heavy atom. The molecule has 0 aliphatic rings. The van der Waals surface area contributed by atoms with Crippen molar-refractivity contribution in [3.8, 4) is 5.75 Å². The molecule has 2 aromatic carbocycles. The van der Waals surface area contributed by atoms with Crippen LogP contribution in [0.15, 0.2) is 47.5 Å². The van der Waals surface area contributed by atoms with E-state index in [1.807, 2.05) is 31.2 Å². The molecular formula is C20H27IN4O4. The number of nitro benzene ring substituents is 1. The molecule has 0 radical (unpaired) electrons. The summed E-state index contributed by atoms with van der Waals surface area (Å²) in [7, 11) is 3.31. The molecule has 0 spiro atoms. The highest BCUT2D eigenvalue weighted by Gasteiger charge is 2.08. The van der Waals surface area contributed by atoms with Crippen molar-refractivity contribution in [1.29, 1.82) is 0 Å². The van der Waals surface area contributed by atoms with E-state index >= 15 is 0 Å². The molecule has 29 heavy (non-hydrogen) atoms. The smallest absolute Gasteiger partial charge is 0.269 e. The highest BCUT2D eigenvalue weighted by atomic mass is 127. The van der Waals surface area contributed by atoms with Crippen molar-refractivity contribution >= 4 is 35.6 Å². The van der Waals surface area contributed by atoms with Crippen LogP contribution in [-0.4, -0.2) is 38.3 Å². The number of aryl methyl sites for hydroxylation is 1. The molecule has 0 amide bonds. The van der Waals surface area contributed by atoms with Crippen LogP contribution in [0.5, 0.6) is 5.75 Å². The van der Waals surface area contributed by atoms with Gasteiger partial charge in [0, 0.05) is 44.9 Å². The van der Waals surface area contributed by atoms with Gasteiger partial charge in [0.1, 0.15) is 12.4 Å². The Morgan fingerprint density at radius 1 is 1.14 bits per heavy atom. The number of ether oxygens (including phenoxy) is 2. The van der Waals surface area contributed by atoms with Gasteiger partial charge in [-0.05, 0) is 24.1 Å². The number of rotatable bonds is 9. The first-order valence-electron chi connectivity index (χ1n) is 8.92. The lowest BCUT2D eigenvalue weighted by molar-refractivity contribution is -0.384. The normalized spacial score (nSPS) is 10.8. The minimum atomic E-state index is -0.404. The fourth-order valence-corrected chi connectivity index (χ4v) is 2.54. The van der Waals surface area contributed by atoms with Crippen LogP contribution in [-0.2, 0) is 17.8 Å². The van der Waals surface area contributed by atoms with E-state index < -0.39 is 4.92 Å². The van der Waals surface area contributed by atoms with E-state index in [4.69, 9.17) is 9.47 Å². The molecule has 0 aromatic heterocycles. The minimum Gasteiger partial charge on any atom is -0.491 e. The molecule has 2 aromatic rings. The maximum atomic E-state index is 10.9. The van der Waals surface area contributed by atoms with Crippen molar-refractivity contribution in [2.45, 2.75) is 20.0 Å². The Hall–Kier alpha value is -2.40. The first-order chi connectivity index (χ1) is 13.5. The zero-order valence-corrected chi connectivity index (χ0v) is 19.1. The number of halogens is 1. The topological polar surface area (TPSA) is 98.0 Å². The number of hydrogen-bond acceptors (Lipinski definition) is 5. The van der Waals surface area contributed by atoms with Gasteiger partial charge in [0.25, 0.3) is 5.69 Å². The molecule has 9 heteroatoms. The minimum absolute atomic E-state index is 0. The summed E-state index contributed by atoms with van der Waals surface area (Å²) in [6, 6.07) is 12.5. The Balaban J connectivity index is 0.00000420. The van der Waals surface area contributed by atoms with Crippen molar-refractivity contribution in [2.24, 2.45) is 4.99 Å². The lowest BCUT2D eigenvalue weighted by Gasteiger charge is -2.15. The molecule has 0 bridgehead atoms. The summed E-state index contributed by atoms with van der Waals surface area (Å²) >= 11 is 0. The van der Waals surface area contributed by atoms with Crippen LogP contribution in [0.3, 0.4) is 0 Å². The number of aliphatic imine (C=N–C) groups is 1. The van der Waals surface area contributed by atoms with Crippen LogP contribution in [0.2, 0.25) is 0 Å². The Labute approximate surface area is 187 Å². The average molecular weight is 514 g/mol. The number of nitro groups is 1. The summed E-state index contributed by atoms with van der Waals surface area (Å²) in [6.45, 7) is 3.96. The van der Waals surface area contributed by atoms with E-state index in [0.717, 1.165) is 22.4 Å². The summed E-state index contributed by atoms with van der Waals surface area (Å²) in [6.07, 6.45) is 0. The molecule has 0 atom stereocenters. The van der Waals surface area contributed by atoms with Crippen LogP contribution < -0.4 is 15.4 Å². The van der Waals surface area contributed by atoms with Gasteiger partial charge < -0.3 is 20.1 Å². The van der Waals surface area contributed by atoms with E-state index in [0.29, 0.717) is 32.3 Å². The number of nitrogens with zero attached hydrogens (tertiary/aromatic N) is 2. The molecule has 0 saturated heterocycles. The lowest BCUT2D eigenvalue weighted by Crippen LogP contribution is -2.36. The highest BCUT2D eigenvalue weighted by Crippen LogP contribution is 2.20. The maximum absolute atomic E-state index is 10.9. The van der Waals surface area contributed by atoms with Crippen LogP contribution in [0.4, 0.5) is 5.69 Å². The van der Waals surface area contributed by atoms with Crippen molar-refractivity contribution in [3.05, 3.63) is 69.3 Å². The van der Waals surface area contributed by atoms with E-state index in [9.17, 15) is 10.1 Å². The van der Waals surface area contributed by atoms with Crippen LogP contribution in [0, 0.1) is 17.0 Å². The van der Waals surface area contributed by atoms with Gasteiger partial charge in [0.15, 0.2) is 5.96 Å². The zero-order chi connectivity index (χ0) is 20.4. The number of nitrogens with one attached hydrogen (secondary N) is 2. The SMILES string of the molecule is CN=C(NCc1cccc([N+](=O)[O-])c1)NCc1ccc(C)cc1OCCOC.I. The monoisotopic (exact) mass is 514 g/mol. The van der Waals surface area contributed by atoms with Crippen molar-refractivity contribution in [3.63, 3.8) is 0 Å². The summed E-state index contributed by atoms with van der Waals surface area (Å²) in [5, 5.41) is 17.3. The van der Waals surface area contributed by atoms with Gasteiger partial charge in [0.05, 0.1) is 11.5 Å². The predicted octanol–water partition coefficient (Wildman–Crippen LogP) is 3.41. The summed E-state index contributed by atoms with van der Waals surface area (Å²) in [4.78, 5) is 14.7.